The van der Waals surface area contributed by atoms with E-state index in [9.17, 15) is 19.8 Å². The molecule has 0 amide bonds. The van der Waals surface area contributed by atoms with Crippen molar-refractivity contribution in [3.63, 3.8) is 0 Å². The number of carboxylic acid groups (broad SMARTS) is 2. The number of nitrogens with zero attached hydrogens (tertiary/aromatic N) is 2. The first-order valence-electron chi connectivity index (χ1n) is 14.6. The Labute approximate surface area is 261 Å². The Bertz CT molecular complexity index is 1860. The molecule has 4 N–H and O–H groups in total. The predicted octanol–water partition coefficient (Wildman–Crippen LogP) is 7.64. The molecule has 0 saturated heterocycles. The number of hydrogen-bond acceptors (Lipinski definition) is 4. The number of aromatic amines is 2. The van der Waals surface area contributed by atoms with Crippen LogP contribution in [-0.4, -0.2) is 42.1 Å². The van der Waals surface area contributed by atoms with Crippen molar-refractivity contribution in [3.05, 3.63) is 69.3 Å². The number of carbonyl (C=O) groups is 2. The molecule has 3 aromatic heterocycles. The number of nitrogens with one attached hydrogen (secondary N) is 2. The molecular weight excluding hydrogens is 583 g/mol. The second-order valence-electron chi connectivity index (χ2n) is 11.2. The number of allylic oxidation sites excluding steroid dienone is 4. The third-order valence-corrected chi connectivity index (χ3v) is 8.69. The molecule has 8 nitrogen and oxygen atoms in total. The Hall–Kier alpha value is -3.94. The summed E-state index contributed by atoms with van der Waals surface area (Å²) in [4.78, 5) is 40.3. The predicted molar refractivity (Wildman–Crippen MR) is 168 cm³/mol. The van der Waals surface area contributed by atoms with Crippen LogP contribution in [0.5, 0.6) is 0 Å². The van der Waals surface area contributed by atoms with Crippen molar-refractivity contribution in [2.45, 2.75) is 80.1 Å². The monoisotopic (exact) mass is 621 g/mol. The average Bonchev–Trinajstić information content (AvgIpc) is 3.59. The summed E-state index contributed by atoms with van der Waals surface area (Å²) in [6.07, 6.45) is 2.37. The van der Waals surface area contributed by atoms with Crippen LogP contribution in [0.2, 0.25) is 0 Å². The second-order valence-corrected chi connectivity index (χ2v) is 11.2. The minimum atomic E-state index is -0.869. The standard InChI is InChI=1S/C34H38N4O4.Mn/c1-7-21-17(3)25-13-26-19(5)23(9-11-33(39)40)31(37-26)16-32-24(10-12-34(41)42)20(6)28(38-32)15-30-22(8-2)18(4)27(36-30)14-29(21)35-25;/h13-16,35-36H,7-12H2,1-6H3,(H,39,40)(H,41,42);. The summed E-state index contributed by atoms with van der Waals surface area (Å²) in [5, 5.41) is 18.9. The summed E-state index contributed by atoms with van der Waals surface area (Å²) in [6.45, 7) is 12.5. The normalized spacial score (nSPS) is 13.0. The van der Waals surface area contributed by atoms with Crippen LogP contribution in [0.4, 0.5) is 0 Å². The fourth-order valence-corrected chi connectivity index (χ4v) is 6.22. The van der Waals surface area contributed by atoms with E-state index in [2.05, 4.69) is 49.8 Å². The topological polar surface area (TPSA) is 132 Å². The number of fused-ring (bicyclic) bond motifs is 8. The van der Waals surface area contributed by atoms with E-state index in [0.717, 1.165) is 74.2 Å². The summed E-state index contributed by atoms with van der Waals surface area (Å²) in [6, 6.07) is 8.19. The van der Waals surface area contributed by atoms with Gasteiger partial charge in [-0.15, -0.1) is 0 Å². The molecule has 9 heteroatoms. The fourth-order valence-electron chi connectivity index (χ4n) is 6.22. The maximum Gasteiger partial charge on any atom is 0.303 e. The Morgan fingerprint density at radius 2 is 1.02 bits per heavy atom. The summed E-state index contributed by atoms with van der Waals surface area (Å²) in [5.74, 6) is -1.74. The molecule has 2 aliphatic heterocycles. The summed E-state index contributed by atoms with van der Waals surface area (Å²) >= 11 is 0. The van der Waals surface area contributed by atoms with Gasteiger partial charge in [0.1, 0.15) is 0 Å². The van der Waals surface area contributed by atoms with Crippen LogP contribution in [0.25, 0.3) is 44.4 Å². The van der Waals surface area contributed by atoms with E-state index >= 15 is 0 Å². The minimum absolute atomic E-state index is 0. The van der Waals surface area contributed by atoms with Gasteiger partial charge in [-0.1, -0.05) is 13.8 Å². The van der Waals surface area contributed by atoms with Crippen LogP contribution in [0.15, 0.2) is 24.3 Å². The summed E-state index contributed by atoms with van der Waals surface area (Å²) < 4.78 is 0. The van der Waals surface area contributed by atoms with Crippen molar-refractivity contribution >= 4 is 56.3 Å². The smallest absolute Gasteiger partial charge is 0.303 e. The van der Waals surface area contributed by atoms with Crippen LogP contribution in [0.1, 0.15) is 98.4 Å². The molecule has 225 valence electrons. The molecule has 0 unspecified atom stereocenters. The number of rotatable bonds is 8. The van der Waals surface area contributed by atoms with Gasteiger partial charge >= 0.3 is 11.9 Å². The van der Waals surface area contributed by atoms with E-state index in [1.165, 1.54) is 16.7 Å². The van der Waals surface area contributed by atoms with Crippen molar-refractivity contribution in [2.75, 3.05) is 0 Å². The Morgan fingerprint density at radius 1 is 0.628 bits per heavy atom. The zero-order valence-corrected chi connectivity index (χ0v) is 26.7. The molecular formula is C34H38MnN4O4. The molecule has 1 radical (unpaired) electrons. The van der Waals surface area contributed by atoms with Gasteiger partial charge in [0.2, 0.25) is 0 Å². The number of carboxylic acids is 2. The first-order chi connectivity index (χ1) is 20.0. The quantitative estimate of drug-likeness (QED) is 0.191. The molecule has 0 aromatic carbocycles. The summed E-state index contributed by atoms with van der Waals surface area (Å²) in [5.41, 5.74) is 15.4. The number of hydrogen-bond donors (Lipinski definition) is 4. The van der Waals surface area contributed by atoms with Crippen LogP contribution >= 0.6 is 0 Å². The first kappa shape index (κ1) is 32.0. The average molecular weight is 622 g/mol. The van der Waals surface area contributed by atoms with Crippen molar-refractivity contribution in [1.29, 1.82) is 0 Å². The molecule has 0 fully saturated rings. The maximum atomic E-state index is 11.5. The van der Waals surface area contributed by atoms with Gasteiger partial charge in [0.25, 0.3) is 0 Å². The van der Waals surface area contributed by atoms with Gasteiger partial charge < -0.3 is 20.2 Å². The molecule has 0 spiro atoms. The molecule has 5 rings (SSSR count). The van der Waals surface area contributed by atoms with E-state index in [1.54, 1.807) is 0 Å². The van der Waals surface area contributed by atoms with Crippen LogP contribution in [-0.2, 0) is 39.5 Å². The third-order valence-electron chi connectivity index (χ3n) is 8.69. The van der Waals surface area contributed by atoms with Crippen molar-refractivity contribution < 1.29 is 36.9 Å². The Kier molecular flexibility index (Phi) is 9.47. The molecule has 0 atom stereocenters. The first-order valence-corrected chi connectivity index (χ1v) is 14.6. The van der Waals surface area contributed by atoms with Gasteiger partial charge in [-0.3, -0.25) is 9.59 Å². The van der Waals surface area contributed by atoms with Crippen LogP contribution in [0, 0.1) is 13.8 Å². The zero-order valence-electron chi connectivity index (χ0n) is 25.5. The number of aliphatic carboxylic acids is 2. The summed E-state index contributed by atoms with van der Waals surface area (Å²) in [7, 11) is 0. The molecule has 3 aromatic rings. The zero-order chi connectivity index (χ0) is 30.3. The van der Waals surface area contributed by atoms with Gasteiger partial charge in [-0.25, -0.2) is 9.97 Å². The van der Waals surface area contributed by atoms with Gasteiger partial charge in [0, 0.05) is 52.0 Å². The number of H-pyrrole nitrogens is 2. The Balaban J connectivity index is 0.00000423. The van der Waals surface area contributed by atoms with Crippen LogP contribution < -0.4 is 0 Å². The van der Waals surface area contributed by atoms with Crippen molar-refractivity contribution in [3.8, 4) is 0 Å². The van der Waals surface area contributed by atoms with E-state index in [1.807, 2.05) is 26.0 Å². The molecule has 8 bridgehead atoms. The largest absolute Gasteiger partial charge is 0.481 e. The maximum absolute atomic E-state index is 11.5. The molecule has 0 saturated carbocycles. The van der Waals surface area contributed by atoms with Gasteiger partial charge in [0.15, 0.2) is 0 Å². The SMILES string of the molecule is CCc1c(C)c2cc3[nH]c(cc4nc(cc5nc(cc1[nH]2)C(C)=C5CCC(=O)O)C(CCC(=O)O)=C4C)c(C)c3CC.[Mn]. The third kappa shape index (κ3) is 6.10. The number of aromatic nitrogens is 4. The van der Waals surface area contributed by atoms with Gasteiger partial charge in [-0.05, 0) is 122 Å². The van der Waals surface area contributed by atoms with Gasteiger partial charge in [0.05, 0.1) is 22.8 Å². The fraction of sp³-hybridized carbons (Fsp3) is 0.353. The van der Waals surface area contributed by atoms with Crippen molar-refractivity contribution in [1.82, 2.24) is 19.9 Å². The molecule has 43 heavy (non-hydrogen) atoms. The minimum Gasteiger partial charge on any atom is -0.481 e. The van der Waals surface area contributed by atoms with Gasteiger partial charge in [-0.2, -0.15) is 0 Å². The van der Waals surface area contributed by atoms with E-state index in [-0.39, 0.29) is 29.9 Å². The van der Waals surface area contributed by atoms with E-state index in [4.69, 9.17) is 9.97 Å². The van der Waals surface area contributed by atoms with Crippen molar-refractivity contribution in [2.24, 2.45) is 0 Å². The molecule has 0 aliphatic carbocycles. The molecule has 5 heterocycles. The Morgan fingerprint density at radius 3 is 1.44 bits per heavy atom. The van der Waals surface area contributed by atoms with E-state index < -0.39 is 11.9 Å². The van der Waals surface area contributed by atoms with E-state index in [0.29, 0.717) is 24.2 Å². The molecule has 2 aliphatic rings. The number of aryl methyl sites for hydroxylation is 4. The van der Waals surface area contributed by atoms with Crippen LogP contribution in [0.3, 0.4) is 0 Å². The second kappa shape index (κ2) is 12.7.